The third-order valence-corrected chi connectivity index (χ3v) is 2.24. The summed E-state index contributed by atoms with van der Waals surface area (Å²) in [6, 6.07) is 2.76. The number of hydrogen-bond acceptors (Lipinski definition) is 2. The summed E-state index contributed by atoms with van der Waals surface area (Å²) >= 11 is 0. The van der Waals surface area contributed by atoms with Crippen molar-refractivity contribution in [3.8, 4) is 0 Å². The summed E-state index contributed by atoms with van der Waals surface area (Å²) in [5.41, 5.74) is 0.278. The molecule has 0 amide bonds. The van der Waals surface area contributed by atoms with E-state index in [1.54, 1.807) is 6.07 Å². The van der Waals surface area contributed by atoms with Gasteiger partial charge in [0.25, 0.3) is 0 Å². The molecule has 0 aliphatic heterocycles. The molecule has 16 heavy (non-hydrogen) atoms. The number of halogens is 3. The molecule has 1 rings (SSSR count). The highest BCUT2D eigenvalue weighted by Gasteiger charge is 2.40. The maximum atomic E-state index is 12.2. The third-order valence-electron chi connectivity index (χ3n) is 2.24. The van der Waals surface area contributed by atoms with E-state index in [1.165, 1.54) is 12.3 Å². The van der Waals surface area contributed by atoms with E-state index < -0.39 is 12.3 Å². The van der Waals surface area contributed by atoms with Crippen LogP contribution in [0.3, 0.4) is 0 Å². The smallest absolute Gasteiger partial charge is 0.378 e. The zero-order valence-electron chi connectivity index (χ0n) is 9.34. The molecule has 0 aliphatic rings. The molecule has 1 aromatic rings. The van der Waals surface area contributed by atoms with Crippen LogP contribution in [0, 0.1) is 0 Å². The Morgan fingerprint density at radius 2 is 1.75 bits per heavy atom. The number of nitrogens with zero attached hydrogens (tertiary/aromatic N) is 1. The van der Waals surface area contributed by atoms with E-state index in [1.807, 2.05) is 20.8 Å². The summed E-state index contributed by atoms with van der Waals surface area (Å²) < 4.78 is 36.5. The highest BCUT2D eigenvalue weighted by Crippen LogP contribution is 2.32. The van der Waals surface area contributed by atoms with Gasteiger partial charge in [-0.15, -0.1) is 0 Å². The number of hydrogen-bond donors (Lipinski definition) is 1. The molecule has 0 radical (unpaired) electrons. The van der Waals surface area contributed by atoms with Gasteiger partial charge in [-0.05, 0) is 17.0 Å². The fourth-order valence-electron chi connectivity index (χ4n) is 1.18. The van der Waals surface area contributed by atoms with Crippen LogP contribution in [0.5, 0.6) is 0 Å². The van der Waals surface area contributed by atoms with Crippen molar-refractivity contribution in [1.29, 1.82) is 0 Å². The summed E-state index contributed by atoms with van der Waals surface area (Å²) in [6.07, 6.45) is -5.82. The van der Waals surface area contributed by atoms with Crippen LogP contribution in [0.25, 0.3) is 0 Å². The Morgan fingerprint density at radius 3 is 2.06 bits per heavy atom. The topological polar surface area (TPSA) is 33.1 Å². The molecule has 0 aliphatic carbocycles. The fraction of sp³-hybridized carbons (Fsp3) is 0.545. The van der Waals surface area contributed by atoms with E-state index in [0.29, 0.717) is 0 Å². The number of aliphatic hydroxyl groups excluding tert-OH is 1. The van der Waals surface area contributed by atoms with Gasteiger partial charge in [0.05, 0.1) is 5.69 Å². The molecule has 5 heteroatoms. The molecule has 90 valence electrons. The Hall–Kier alpha value is -1.10. The Morgan fingerprint density at radius 1 is 1.19 bits per heavy atom. The first-order valence-corrected chi connectivity index (χ1v) is 4.83. The zero-order valence-corrected chi connectivity index (χ0v) is 9.34. The van der Waals surface area contributed by atoms with E-state index in [4.69, 9.17) is 5.11 Å². The Kier molecular flexibility index (Phi) is 3.28. The second kappa shape index (κ2) is 4.05. The SMILES string of the molecule is CC(C)(C)c1ccc(C(O)C(F)(F)F)nc1. The average molecular weight is 233 g/mol. The molecule has 0 saturated carbocycles. The van der Waals surface area contributed by atoms with E-state index in [-0.39, 0.29) is 11.1 Å². The van der Waals surface area contributed by atoms with Crippen LogP contribution in [-0.4, -0.2) is 16.3 Å². The summed E-state index contributed by atoms with van der Waals surface area (Å²) in [4.78, 5) is 3.64. The largest absolute Gasteiger partial charge is 0.420 e. The minimum atomic E-state index is -4.67. The van der Waals surface area contributed by atoms with Crippen molar-refractivity contribution < 1.29 is 18.3 Å². The van der Waals surface area contributed by atoms with E-state index in [2.05, 4.69) is 4.98 Å². The second-order valence-corrected chi connectivity index (χ2v) is 4.67. The Labute approximate surface area is 92.1 Å². The average Bonchev–Trinajstić information content (AvgIpc) is 2.14. The van der Waals surface area contributed by atoms with Crippen molar-refractivity contribution in [3.63, 3.8) is 0 Å². The van der Waals surface area contributed by atoms with Crippen molar-refractivity contribution >= 4 is 0 Å². The van der Waals surface area contributed by atoms with Crippen molar-refractivity contribution in [2.24, 2.45) is 0 Å². The molecular formula is C11H14F3NO. The zero-order chi connectivity index (χ0) is 12.6. The van der Waals surface area contributed by atoms with Crippen LogP contribution >= 0.6 is 0 Å². The monoisotopic (exact) mass is 233 g/mol. The van der Waals surface area contributed by atoms with Crippen molar-refractivity contribution in [2.75, 3.05) is 0 Å². The molecule has 1 heterocycles. The standard InChI is InChI=1S/C11H14F3NO/c1-10(2,3)7-4-5-8(15-6-7)9(16)11(12,13)14/h4-6,9,16H,1-3H3. The molecule has 2 nitrogen and oxygen atoms in total. The second-order valence-electron chi connectivity index (χ2n) is 4.67. The van der Waals surface area contributed by atoms with Crippen LogP contribution in [0.2, 0.25) is 0 Å². The molecule has 0 aromatic carbocycles. The predicted molar refractivity (Wildman–Crippen MR) is 54.0 cm³/mol. The molecule has 0 bridgehead atoms. The van der Waals surface area contributed by atoms with Gasteiger partial charge >= 0.3 is 6.18 Å². The van der Waals surface area contributed by atoms with Gasteiger partial charge in [-0.3, -0.25) is 4.98 Å². The van der Waals surface area contributed by atoms with Gasteiger partial charge in [-0.25, -0.2) is 0 Å². The first-order chi connectivity index (χ1) is 7.12. The predicted octanol–water partition coefficient (Wildman–Crippen LogP) is 2.97. The molecule has 1 aromatic heterocycles. The number of aromatic nitrogens is 1. The van der Waals surface area contributed by atoms with Crippen LogP contribution in [0.15, 0.2) is 18.3 Å². The van der Waals surface area contributed by atoms with E-state index >= 15 is 0 Å². The lowest BCUT2D eigenvalue weighted by atomic mass is 9.88. The van der Waals surface area contributed by atoms with E-state index in [0.717, 1.165) is 5.56 Å². The van der Waals surface area contributed by atoms with Crippen molar-refractivity contribution in [1.82, 2.24) is 4.98 Å². The minimum Gasteiger partial charge on any atom is -0.378 e. The first kappa shape index (κ1) is 13.0. The molecule has 0 saturated heterocycles. The maximum Gasteiger partial charge on any atom is 0.420 e. The molecule has 1 N–H and O–H groups in total. The van der Waals surface area contributed by atoms with Gasteiger partial charge in [0.2, 0.25) is 0 Å². The van der Waals surface area contributed by atoms with Gasteiger partial charge < -0.3 is 5.11 Å². The van der Waals surface area contributed by atoms with E-state index in [9.17, 15) is 13.2 Å². The summed E-state index contributed by atoms with van der Waals surface area (Å²) in [7, 11) is 0. The minimum absolute atomic E-state index is 0.172. The summed E-state index contributed by atoms with van der Waals surface area (Å²) in [5, 5.41) is 8.96. The molecule has 0 fully saturated rings. The highest BCUT2D eigenvalue weighted by atomic mass is 19.4. The summed E-state index contributed by atoms with van der Waals surface area (Å²) in [5.74, 6) is 0. The number of pyridine rings is 1. The fourth-order valence-corrected chi connectivity index (χ4v) is 1.18. The van der Waals surface area contributed by atoms with Gasteiger partial charge in [0.15, 0.2) is 6.10 Å². The maximum absolute atomic E-state index is 12.2. The van der Waals surface area contributed by atoms with Gasteiger partial charge in [-0.1, -0.05) is 26.8 Å². The molecule has 1 atom stereocenters. The lowest BCUT2D eigenvalue weighted by molar-refractivity contribution is -0.207. The van der Waals surface area contributed by atoms with Crippen LogP contribution in [0.4, 0.5) is 13.2 Å². The lowest BCUT2D eigenvalue weighted by Crippen LogP contribution is -2.21. The van der Waals surface area contributed by atoms with Crippen molar-refractivity contribution in [3.05, 3.63) is 29.6 Å². The summed E-state index contributed by atoms with van der Waals surface area (Å²) in [6.45, 7) is 5.80. The lowest BCUT2D eigenvalue weighted by Gasteiger charge is -2.19. The third kappa shape index (κ3) is 2.95. The molecular weight excluding hydrogens is 219 g/mol. The number of aliphatic hydroxyl groups is 1. The first-order valence-electron chi connectivity index (χ1n) is 4.83. The quantitative estimate of drug-likeness (QED) is 0.808. The van der Waals surface area contributed by atoms with Crippen molar-refractivity contribution in [2.45, 2.75) is 38.5 Å². The number of rotatable bonds is 1. The highest BCUT2D eigenvalue weighted by molar-refractivity contribution is 5.22. The van der Waals surface area contributed by atoms with Gasteiger partial charge in [-0.2, -0.15) is 13.2 Å². The van der Waals surface area contributed by atoms with Crippen LogP contribution in [0.1, 0.15) is 38.1 Å². The van der Waals surface area contributed by atoms with Gasteiger partial charge in [0, 0.05) is 6.20 Å². The molecule has 1 unspecified atom stereocenters. The van der Waals surface area contributed by atoms with Gasteiger partial charge in [0.1, 0.15) is 0 Å². The number of alkyl halides is 3. The Balaban J connectivity index is 2.96. The normalized spacial score (nSPS) is 14.9. The molecule has 0 spiro atoms. The van der Waals surface area contributed by atoms with Crippen LogP contribution < -0.4 is 0 Å². The van der Waals surface area contributed by atoms with Crippen LogP contribution in [-0.2, 0) is 5.41 Å². The Bertz CT molecular complexity index is 351.